The first-order valence-corrected chi connectivity index (χ1v) is 9.17. The average Bonchev–Trinajstić information content (AvgIpc) is 2.93. The second-order valence-electron chi connectivity index (χ2n) is 6.22. The highest BCUT2D eigenvalue weighted by atomic mass is 35.5. The number of thiocarbonyl (C=S) groups is 1. The molecule has 2 N–H and O–H groups in total. The number of aromatic nitrogens is 2. The van der Waals surface area contributed by atoms with Gasteiger partial charge in [-0.3, -0.25) is 4.68 Å². The van der Waals surface area contributed by atoms with E-state index in [4.69, 9.17) is 23.8 Å². The minimum Gasteiger partial charge on any atom is -0.358 e. The predicted octanol–water partition coefficient (Wildman–Crippen LogP) is 4.69. The Labute approximate surface area is 164 Å². The molecule has 0 amide bonds. The van der Waals surface area contributed by atoms with E-state index in [0.29, 0.717) is 11.7 Å². The average molecular weight is 385 g/mol. The van der Waals surface area contributed by atoms with Crippen LogP contribution >= 0.6 is 23.8 Å². The Morgan fingerprint density at radius 1 is 1.04 bits per heavy atom. The fraction of sp³-hybridized carbons (Fsp3) is 0.200. The highest BCUT2D eigenvalue weighted by Crippen LogP contribution is 2.13. The van der Waals surface area contributed by atoms with Crippen molar-refractivity contribution in [3.63, 3.8) is 0 Å². The third-order valence-electron chi connectivity index (χ3n) is 4.01. The van der Waals surface area contributed by atoms with Crippen molar-refractivity contribution >= 4 is 34.6 Å². The molecule has 6 heteroatoms. The summed E-state index contributed by atoms with van der Waals surface area (Å²) >= 11 is 11.2. The molecule has 26 heavy (non-hydrogen) atoms. The van der Waals surface area contributed by atoms with Crippen LogP contribution in [0.5, 0.6) is 0 Å². The molecular formula is C20H21ClN4S. The Morgan fingerprint density at radius 3 is 2.31 bits per heavy atom. The van der Waals surface area contributed by atoms with Crippen LogP contribution in [-0.4, -0.2) is 14.9 Å². The highest BCUT2D eigenvalue weighted by Gasteiger charge is 2.03. The maximum atomic E-state index is 5.89. The van der Waals surface area contributed by atoms with Gasteiger partial charge in [0.2, 0.25) is 0 Å². The van der Waals surface area contributed by atoms with Gasteiger partial charge in [0.25, 0.3) is 0 Å². The second kappa shape index (κ2) is 8.34. The Balaban J connectivity index is 1.52. The van der Waals surface area contributed by atoms with E-state index in [-0.39, 0.29) is 0 Å². The molecule has 134 valence electrons. The number of aryl methyl sites for hydroxylation is 2. The maximum absolute atomic E-state index is 5.89. The van der Waals surface area contributed by atoms with Gasteiger partial charge in [0, 0.05) is 22.9 Å². The van der Waals surface area contributed by atoms with Crippen LogP contribution in [-0.2, 0) is 13.1 Å². The molecule has 2 aromatic carbocycles. The largest absolute Gasteiger partial charge is 0.358 e. The van der Waals surface area contributed by atoms with Gasteiger partial charge in [-0.25, -0.2) is 0 Å². The van der Waals surface area contributed by atoms with E-state index in [1.807, 2.05) is 48.0 Å². The quantitative estimate of drug-likeness (QED) is 0.626. The van der Waals surface area contributed by atoms with Crippen molar-refractivity contribution < 1.29 is 0 Å². The van der Waals surface area contributed by atoms with Gasteiger partial charge in [-0.1, -0.05) is 35.9 Å². The molecule has 0 aliphatic carbocycles. The van der Waals surface area contributed by atoms with Crippen LogP contribution in [0, 0.1) is 13.8 Å². The highest BCUT2D eigenvalue weighted by molar-refractivity contribution is 7.80. The van der Waals surface area contributed by atoms with Crippen molar-refractivity contribution in [2.45, 2.75) is 26.9 Å². The van der Waals surface area contributed by atoms with Gasteiger partial charge < -0.3 is 10.6 Å². The molecule has 0 aliphatic heterocycles. The second-order valence-corrected chi connectivity index (χ2v) is 7.06. The van der Waals surface area contributed by atoms with Crippen molar-refractivity contribution in [2.24, 2.45) is 0 Å². The molecule has 0 spiro atoms. The van der Waals surface area contributed by atoms with Crippen LogP contribution in [0.2, 0.25) is 5.02 Å². The fourth-order valence-electron chi connectivity index (χ4n) is 2.66. The lowest BCUT2D eigenvalue weighted by Crippen LogP contribution is -2.27. The Morgan fingerprint density at radius 2 is 1.69 bits per heavy atom. The third-order valence-corrected chi connectivity index (χ3v) is 4.51. The lowest BCUT2D eigenvalue weighted by atomic mass is 10.2. The van der Waals surface area contributed by atoms with E-state index in [0.717, 1.165) is 34.2 Å². The molecule has 0 fully saturated rings. The summed E-state index contributed by atoms with van der Waals surface area (Å²) in [5.41, 5.74) is 5.48. The molecule has 0 bridgehead atoms. The van der Waals surface area contributed by atoms with Gasteiger partial charge in [-0.05, 0) is 67.5 Å². The molecule has 0 atom stereocenters. The van der Waals surface area contributed by atoms with E-state index < -0.39 is 0 Å². The molecule has 1 heterocycles. The minimum atomic E-state index is 0.589. The Hall–Kier alpha value is -2.37. The van der Waals surface area contributed by atoms with Gasteiger partial charge >= 0.3 is 0 Å². The van der Waals surface area contributed by atoms with Crippen molar-refractivity contribution in [3.8, 4) is 0 Å². The maximum Gasteiger partial charge on any atom is 0.171 e. The monoisotopic (exact) mass is 384 g/mol. The van der Waals surface area contributed by atoms with E-state index in [1.54, 1.807) is 0 Å². The summed E-state index contributed by atoms with van der Waals surface area (Å²) in [6.07, 6.45) is 0. The number of hydrogen-bond acceptors (Lipinski definition) is 2. The smallest absolute Gasteiger partial charge is 0.171 e. The molecule has 3 rings (SSSR count). The summed E-state index contributed by atoms with van der Waals surface area (Å²) in [4.78, 5) is 0. The lowest BCUT2D eigenvalue weighted by Gasteiger charge is -2.11. The zero-order valence-corrected chi connectivity index (χ0v) is 16.4. The van der Waals surface area contributed by atoms with Crippen LogP contribution in [0.15, 0.2) is 54.6 Å². The number of rotatable bonds is 5. The first-order valence-electron chi connectivity index (χ1n) is 8.39. The fourth-order valence-corrected chi connectivity index (χ4v) is 2.98. The van der Waals surface area contributed by atoms with Crippen molar-refractivity contribution in [1.29, 1.82) is 0 Å². The molecular weight excluding hydrogens is 364 g/mol. The van der Waals surface area contributed by atoms with Crippen LogP contribution in [0.3, 0.4) is 0 Å². The minimum absolute atomic E-state index is 0.589. The molecule has 3 aromatic rings. The third kappa shape index (κ3) is 5.07. The summed E-state index contributed by atoms with van der Waals surface area (Å²) in [5, 5.41) is 12.2. The normalized spacial score (nSPS) is 10.6. The molecule has 0 saturated carbocycles. The lowest BCUT2D eigenvalue weighted by molar-refractivity contribution is 0.659. The number of anilines is 1. The summed E-state index contributed by atoms with van der Waals surface area (Å²) in [6, 6.07) is 18.0. The SMILES string of the molecule is Cc1cc(C)n(Cc2ccc(NC(=S)NCc3ccc(Cl)cc3)cc2)n1. The Bertz CT molecular complexity index is 885. The first-order chi connectivity index (χ1) is 12.5. The van der Waals surface area contributed by atoms with Crippen LogP contribution in [0.4, 0.5) is 5.69 Å². The molecule has 4 nitrogen and oxygen atoms in total. The van der Waals surface area contributed by atoms with Crippen molar-refractivity contribution in [3.05, 3.63) is 82.1 Å². The van der Waals surface area contributed by atoms with Gasteiger partial charge in [0.05, 0.1) is 12.2 Å². The predicted molar refractivity (Wildman–Crippen MR) is 112 cm³/mol. The summed E-state index contributed by atoms with van der Waals surface area (Å²) < 4.78 is 2.01. The molecule has 0 aliphatic rings. The summed E-state index contributed by atoms with van der Waals surface area (Å²) in [6.45, 7) is 5.49. The number of nitrogens with zero attached hydrogens (tertiary/aromatic N) is 2. The van der Waals surface area contributed by atoms with Gasteiger partial charge in [-0.15, -0.1) is 0 Å². The number of nitrogens with one attached hydrogen (secondary N) is 2. The van der Waals surface area contributed by atoms with Crippen LogP contribution in [0.1, 0.15) is 22.5 Å². The summed E-state index contributed by atoms with van der Waals surface area (Å²) in [5.74, 6) is 0. The molecule has 0 unspecified atom stereocenters. The molecule has 1 aromatic heterocycles. The zero-order chi connectivity index (χ0) is 18.5. The van der Waals surface area contributed by atoms with E-state index >= 15 is 0 Å². The van der Waals surface area contributed by atoms with Crippen LogP contribution < -0.4 is 10.6 Å². The van der Waals surface area contributed by atoms with Crippen molar-refractivity contribution in [2.75, 3.05) is 5.32 Å². The van der Waals surface area contributed by atoms with Gasteiger partial charge in [-0.2, -0.15) is 5.10 Å². The number of benzene rings is 2. The first kappa shape index (κ1) is 18.4. The van der Waals surface area contributed by atoms with E-state index in [2.05, 4.69) is 40.9 Å². The van der Waals surface area contributed by atoms with E-state index in [9.17, 15) is 0 Å². The summed E-state index contributed by atoms with van der Waals surface area (Å²) in [7, 11) is 0. The number of halogens is 1. The molecule has 0 saturated heterocycles. The van der Waals surface area contributed by atoms with Crippen LogP contribution in [0.25, 0.3) is 0 Å². The van der Waals surface area contributed by atoms with Gasteiger partial charge in [0.1, 0.15) is 0 Å². The molecule has 0 radical (unpaired) electrons. The number of hydrogen-bond donors (Lipinski definition) is 2. The Kier molecular flexibility index (Phi) is 5.91. The van der Waals surface area contributed by atoms with E-state index in [1.165, 1.54) is 5.56 Å². The standard InChI is InChI=1S/C20H21ClN4S/c1-14-11-15(2)25(24-14)13-17-5-9-19(10-6-17)23-20(26)22-12-16-3-7-18(21)8-4-16/h3-11H,12-13H2,1-2H3,(H2,22,23,26). The zero-order valence-electron chi connectivity index (χ0n) is 14.8. The topological polar surface area (TPSA) is 41.9 Å². The van der Waals surface area contributed by atoms with Crippen molar-refractivity contribution in [1.82, 2.24) is 15.1 Å². The van der Waals surface area contributed by atoms with Gasteiger partial charge in [0.15, 0.2) is 5.11 Å².